The van der Waals surface area contributed by atoms with Crippen LogP contribution in [0.3, 0.4) is 0 Å². The smallest absolute Gasteiger partial charge is 0.378 e. The number of ether oxygens (including phenoxy) is 1. The van der Waals surface area contributed by atoms with Crippen molar-refractivity contribution in [1.29, 1.82) is 0 Å². The van der Waals surface area contributed by atoms with Crippen molar-refractivity contribution in [1.82, 2.24) is 20.4 Å². The third-order valence-electron chi connectivity index (χ3n) is 6.46. The van der Waals surface area contributed by atoms with Crippen LogP contribution in [0.15, 0.2) is 24.3 Å². The van der Waals surface area contributed by atoms with Gasteiger partial charge in [0.25, 0.3) is 0 Å². The molecule has 3 atom stereocenters. The summed E-state index contributed by atoms with van der Waals surface area (Å²) in [5, 5.41) is 8.07. The van der Waals surface area contributed by atoms with Crippen LogP contribution in [-0.2, 0) is 20.5 Å². The molecule has 12 heteroatoms. The van der Waals surface area contributed by atoms with E-state index in [9.17, 15) is 27.6 Å². The second-order valence-corrected chi connectivity index (χ2v) is 8.75. The fourth-order valence-corrected chi connectivity index (χ4v) is 4.74. The van der Waals surface area contributed by atoms with Gasteiger partial charge in [0.15, 0.2) is 0 Å². The molecular weight excluding hydrogens is 455 g/mol. The third-order valence-corrected chi connectivity index (χ3v) is 6.46. The highest BCUT2D eigenvalue weighted by Crippen LogP contribution is 2.31. The molecule has 3 aliphatic heterocycles. The Morgan fingerprint density at radius 3 is 2.71 bits per heavy atom. The van der Waals surface area contributed by atoms with E-state index in [1.807, 2.05) is 4.90 Å². The summed E-state index contributed by atoms with van der Waals surface area (Å²) in [6.45, 7) is 3.09. The molecule has 0 aromatic heterocycles. The number of piperazine rings is 1. The molecule has 0 unspecified atom stereocenters. The van der Waals surface area contributed by atoms with Gasteiger partial charge in [0, 0.05) is 50.4 Å². The predicted molar refractivity (Wildman–Crippen MR) is 116 cm³/mol. The van der Waals surface area contributed by atoms with Gasteiger partial charge >= 0.3 is 12.2 Å². The number of carbonyl (C=O) groups excluding carboxylic acids is 3. The lowest BCUT2D eigenvalue weighted by Crippen LogP contribution is -2.58. The molecule has 3 fully saturated rings. The Bertz CT molecular complexity index is 922. The van der Waals surface area contributed by atoms with E-state index >= 15 is 0 Å². The van der Waals surface area contributed by atoms with E-state index < -0.39 is 23.8 Å². The minimum atomic E-state index is -4.51. The molecule has 1 aromatic rings. The van der Waals surface area contributed by atoms with Crippen LogP contribution in [0.5, 0.6) is 0 Å². The molecule has 0 radical (unpaired) electrons. The molecule has 9 nitrogen and oxygen atoms in total. The summed E-state index contributed by atoms with van der Waals surface area (Å²) in [6, 6.07) is 2.96. The number of carbonyl (C=O) groups is 3. The van der Waals surface area contributed by atoms with E-state index in [-0.39, 0.29) is 29.6 Å². The standard InChI is InChI=1S/C22H28F3N5O4/c23-22(24,25)14-2-1-3-15(10-14)27-21(33)28-16-11-18-20(32)26-12-17(30(18)13-16)4-5-19(31)29-6-8-34-9-7-29/h1-3,10,16-18H,4-9,11-13H2,(H,26,32)(H2,27,28,33)/t16-,17+,18-/m0/s1. The van der Waals surface area contributed by atoms with Crippen molar-refractivity contribution in [3.63, 3.8) is 0 Å². The van der Waals surface area contributed by atoms with Crippen LogP contribution in [-0.4, -0.2) is 85.2 Å². The summed E-state index contributed by atoms with van der Waals surface area (Å²) in [6.07, 6.45) is -3.18. The maximum absolute atomic E-state index is 12.9. The maximum atomic E-state index is 12.9. The highest BCUT2D eigenvalue weighted by molar-refractivity contribution is 5.90. The molecule has 186 valence electrons. The second kappa shape index (κ2) is 10.2. The van der Waals surface area contributed by atoms with Gasteiger partial charge in [-0.05, 0) is 31.0 Å². The first-order valence-electron chi connectivity index (χ1n) is 11.3. The molecule has 3 N–H and O–H groups in total. The van der Waals surface area contributed by atoms with Crippen LogP contribution in [0.2, 0.25) is 0 Å². The number of hydrogen-bond acceptors (Lipinski definition) is 5. The zero-order chi connectivity index (χ0) is 24.3. The van der Waals surface area contributed by atoms with E-state index in [1.54, 1.807) is 4.90 Å². The van der Waals surface area contributed by atoms with Gasteiger partial charge in [-0.1, -0.05) is 6.07 Å². The second-order valence-electron chi connectivity index (χ2n) is 8.75. The van der Waals surface area contributed by atoms with E-state index in [0.29, 0.717) is 58.7 Å². The number of nitrogens with zero attached hydrogens (tertiary/aromatic N) is 2. The normalized spacial score (nSPS) is 25.4. The maximum Gasteiger partial charge on any atom is 0.416 e. The van der Waals surface area contributed by atoms with Crippen LogP contribution in [0.4, 0.5) is 23.7 Å². The fraction of sp³-hybridized carbons (Fsp3) is 0.591. The number of morpholine rings is 1. The van der Waals surface area contributed by atoms with Crippen LogP contribution < -0.4 is 16.0 Å². The van der Waals surface area contributed by atoms with Crippen LogP contribution >= 0.6 is 0 Å². The zero-order valence-corrected chi connectivity index (χ0v) is 18.6. The Balaban J connectivity index is 1.31. The van der Waals surface area contributed by atoms with Crippen molar-refractivity contribution in [3.05, 3.63) is 29.8 Å². The van der Waals surface area contributed by atoms with Crippen molar-refractivity contribution in [2.75, 3.05) is 44.7 Å². The molecule has 0 aliphatic carbocycles. The molecular formula is C22H28F3N5O4. The topological polar surface area (TPSA) is 103 Å². The number of benzene rings is 1. The van der Waals surface area contributed by atoms with Crippen molar-refractivity contribution in [2.24, 2.45) is 0 Å². The highest BCUT2D eigenvalue weighted by Gasteiger charge is 2.44. The number of alkyl halides is 3. The summed E-state index contributed by atoms with van der Waals surface area (Å²) < 4.78 is 44.0. The fourth-order valence-electron chi connectivity index (χ4n) is 4.74. The molecule has 1 aromatic carbocycles. The monoisotopic (exact) mass is 483 g/mol. The molecule has 4 amide bonds. The summed E-state index contributed by atoms with van der Waals surface area (Å²) in [4.78, 5) is 41.1. The van der Waals surface area contributed by atoms with Gasteiger partial charge in [-0.25, -0.2) is 4.79 Å². The van der Waals surface area contributed by atoms with Gasteiger partial charge in [0.2, 0.25) is 11.8 Å². The SMILES string of the molecule is O=C(Nc1cccc(C(F)(F)F)c1)N[C@H]1C[C@H]2C(=O)NC[C@@H](CCC(=O)N3CCOCC3)N2C1. The largest absolute Gasteiger partial charge is 0.416 e. The Morgan fingerprint density at radius 1 is 1.21 bits per heavy atom. The van der Waals surface area contributed by atoms with Gasteiger partial charge in [-0.2, -0.15) is 13.2 Å². The lowest BCUT2D eigenvalue weighted by atomic mass is 10.0. The summed E-state index contributed by atoms with van der Waals surface area (Å²) in [5.41, 5.74) is -0.824. The van der Waals surface area contributed by atoms with Crippen molar-refractivity contribution >= 4 is 23.5 Å². The third kappa shape index (κ3) is 5.79. The molecule has 0 spiro atoms. The predicted octanol–water partition coefficient (Wildman–Crippen LogP) is 1.41. The molecule has 0 bridgehead atoms. The van der Waals surface area contributed by atoms with Gasteiger partial charge in [0.05, 0.1) is 24.8 Å². The minimum absolute atomic E-state index is 0.0280. The number of nitrogens with one attached hydrogen (secondary N) is 3. The minimum Gasteiger partial charge on any atom is -0.378 e. The average Bonchev–Trinajstić information content (AvgIpc) is 3.23. The Hall–Kier alpha value is -2.86. The number of anilines is 1. The van der Waals surface area contributed by atoms with Crippen molar-refractivity contribution in [3.8, 4) is 0 Å². The number of urea groups is 1. The lowest BCUT2D eigenvalue weighted by molar-refractivity contribution is -0.138. The number of halogens is 3. The molecule has 34 heavy (non-hydrogen) atoms. The van der Waals surface area contributed by atoms with E-state index in [4.69, 9.17) is 4.74 Å². The van der Waals surface area contributed by atoms with E-state index in [0.717, 1.165) is 12.1 Å². The first-order chi connectivity index (χ1) is 16.2. The number of amides is 4. The summed E-state index contributed by atoms with van der Waals surface area (Å²) in [7, 11) is 0. The van der Waals surface area contributed by atoms with Crippen molar-refractivity contribution in [2.45, 2.75) is 43.6 Å². The van der Waals surface area contributed by atoms with E-state index in [2.05, 4.69) is 16.0 Å². The summed E-state index contributed by atoms with van der Waals surface area (Å²) >= 11 is 0. The van der Waals surface area contributed by atoms with Crippen LogP contribution in [0.25, 0.3) is 0 Å². The van der Waals surface area contributed by atoms with Crippen LogP contribution in [0, 0.1) is 0 Å². The zero-order valence-electron chi connectivity index (χ0n) is 18.6. The first-order valence-corrected chi connectivity index (χ1v) is 11.3. The van der Waals surface area contributed by atoms with Crippen LogP contribution in [0.1, 0.15) is 24.8 Å². The molecule has 4 rings (SSSR count). The van der Waals surface area contributed by atoms with Gasteiger partial charge < -0.3 is 25.6 Å². The van der Waals surface area contributed by atoms with E-state index in [1.165, 1.54) is 12.1 Å². The Labute approximate surface area is 195 Å². The number of rotatable bonds is 5. The number of hydrogen-bond donors (Lipinski definition) is 3. The summed E-state index contributed by atoms with van der Waals surface area (Å²) in [5.74, 6) is -0.0653. The number of fused-ring (bicyclic) bond motifs is 1. The highest BCUT2D eigenvalue weighted by atomic mass is 19.4. The molecule has 3 saturated heterocycles. The quantitative estimate of drug-likeness (QED) is 0.588. The lowest BCUT2D eigenvalue weighted by Gasteiger charge is -2.37. The van der Waals surface area contributed by atoms with Gasteiger partial charge in [-0.3, -0.25) is 14.5 Å². The van der Waals surface area contributed by atoms with Crippen molar-refractivity contribution < 1.29 is 32.3 Å². The Morgan fingerprint density at radius 2 is 1.97 bits per heavy atom. The van der Waals surface area contributed by atoms with Gasteiger partial charge in [-0.15, -0.1) is 0 Å². The molecule has 3 aliphatic rings. The van der Waals surface area contributed by atoms with Gasteiger partial charge in [0.1, 0.15) is 0 Å². The first kappa shape index (κ1) is 24.3. The Kier molecular flexibility index (Phi) is 7.27. The molecule has 0 saturated carbocycles. The average molecular weight is 483 g/mol. The molecule has 3 heterocycles.